The molecule has 0 radical (unpaired) electrons. The van der Waals surface area contributed by atoms with Crippen LogP contribution in [0.1, 0.15) is 51.9 Å². The van der Waals surface area contributed by atoms with Crippen molar-refractivity contribution >= 4 is 11.4 Å². The van der Waals surface area contributed by atoms with Gasteiger partial charge in [-0.05, 0) is 19.3 Å². The van der Waals surface area contributed by atoms with E-state index in [0.717, 1.165) is 24.9 Å². The van der Waals surface area contributed by atoms with Crippen LogP contribution in [0.3, 0.4) is 0 Å². The predicted octanol–water partition coefficient (Wildman–Crippen LogP) is 4.33. The monoisotopic (exact) mass is 280 g/mol. The van der Waals surface area contributed by atoms with E-state index in [1.54, 1.807) is 6.07 Å². The average Bonchev–Trinajstić information content (AvgIpc) is 2.69. The van der Waals surface area contributed by atoms with Gasteiger partial charge in [-0.15, -0.1) is 0 Å². The van der Waals surface area contributed by atoms with Crippen LogP contribution in [0.5, 0.6) is 5.75 Å². The normalized spacial score (nSPS) is 16.7. The minimum atomic E-state index is -0.387. The summed E-state index contributed by atoms with van der Waals surface area (Å²) >= 11 is 0. The van der Waals surface area contributed by atoms with Crippen LogP contribution in [0, 0.1) is 5.82 Å². The fraction of sp³-hybridized carbons (Fsp3) is 0.625. The Morgan fingerprint density at radius 3 is 2.60 bits per heavy atom. The Bertz CT molecular complexity index is 429. The molecule has 0 heterocycles. The summed E-state index contributed by atoms with van der Waals surface area (Å²) in [5.41, 5.74) is 7.17. The van der Waals surface area contributed by atoms with E-state index in [9.17, 15) is 4.39 Å². The molecule has 0 saturated heterocycles. The number of nitrogen functional groups attached to an aromatic ring is 1. The third kappa shape index (κ3) is 4.02. The van der Waals surface area contributed by atoms with Crippen molar-refractivity contribution in [3.8, 4) is 5.75 Å². The first-order chi connectivity index (χ1) is 9.70. The van der Waals surface area contributed by atoms with Gasteiger partial charge in [0, 0.05) is 18.2 Å². The Kier molecular flexibility index (Phi) is 5.50. The number of benzene rings is 1. The Morgan fingerprint density at radius 1 is 1.25 bits per heavy atom. The molecule has 0 spiro atoms. The lowest BCUT2D eigenvalue weighted by molar-refractivity contribution is 0.301. The van der Waals surface area contributed by atoms with E-state index in [-0.39, 0.29) is 11.6 Å². The van der Waals surface area contributed by atoms with Crippen LogP contribution in [-0.2, 0) is 0 Å². The number of halogens is 1. The molecule has 112 valence electrons. The first-order valence-electron chi connectivity index (χ1n) is 7.69. The van der Waals surface area contributed by atoms with Crippen molar-refractivity contribution in [2.24, 2.45) is 0 Å². The van der Waals surface area contributed by atoms with Crippen molar-refractivity contribution in [3.63, 3.8) is 0 Å². The topological polar surface area (TPSA) is 47.3 Å². The second kappa shape index (κ2) is 7.36. The summed E-state index contributed by atoms with van der Waals surface area (Å²) in [6.45, 7) is 2.52. The summed E-state index contributed by atoms with van der Waals surface area (Å²) < 4.78 is 19.2. The number of rotatable bonds is 5. The molecule has 0 atom stereocenters. The SMILES string of the molecule is CCCOc1cc(NC2CCCCCC2)c(N)cc1F. The highest BCUT2D eigenvalue weighted by Crippen LogP contribution is 2.30. The molecule has 3 N–H and O–H groups in total. The summed E-state index contributed by atoms with van der Waals surface area (Å²) in [6, 6.07) is 3.49. The molecule has 1 saturated carbocycles. The first kappa shape index (κ1) is 14.9. The van der Waals surface area contributed by atoms with Crippen molar-refractivity contribution in [1.29, 1.82) is 0 Å². The minimum absolute atomic E-state index is 0.289. The first-order valence-corrected chi connectivity index (χ1v) is 7.69. The van der Waals surface area contributed by atoms with Gasteiger partial charge in [0.1, 0.15) is 0 Å². The molecule has 0 bridgehead atoms. The van der Waals surface area contributed by atoms with Gasteiger partial charge < -0.3 is 15.8 Å². The average molecular weight is 280 g/mol. The minimum Gasteiger partial charge on any atom is -0.490 e. The summed E-state index contributed by atoms with van der Waals surface area (Å²) in [6.07, 6.45) is 8.28. The van der Waals surface area contributed by atoms with E-state index in [1.807, 2.05) is 6.92 Å². The highest BCUT2D eigenvalue weighted by molar-refractivity contribution is 5.69. The largest absolute Gasteiger partial charge is 0.490 e. The molecule has 4 heteroatoms. The number of nitrogens with two attached hydrogens (primary N) is 1. The van der Waals surface area contributed by atoms with E-state index in [0.29, 0.717) is 18.3 Å². The molecule has 2 rings (SSSR count). The summed E-state index contributed by atoms with van der Waals surface area (Å²) in [7, 11) is 0. The van der Waals surface area contributed by atoms with Gasteiger partial charge in [0.25, 0.3) is 0 Å². The number of hydrogen-bond acceptors (Lipinski definition) is 3. The van der Waals surface area contributed by atoms with Gasteiger partial charge in [0.15, 0.2) is 11.6 Å². The van der Waals surface area contributed by atoms with E-state index >= 15 is 0 Å². The van der Waals surface area contributed by atoms with Crippen LogP contribution < -0.4 is 15.8 Å². The standard InChI is InChI=1S/C16H25FN2O/c1-2-9-20-16-11-15(14(18)10-13(16)17)19-12-7-5-3-4-6-8-12/h10-12,19H,2-9,18H2,1H3. The Labute approximate surface area is 120 Å². The highest BCUT2D eigenvalue weighted by Gasteiger charge is 2.15. The van der Waals surface area contributed by atoms with Crippen LogP contribution in [-0.4, -0.2) is 12.6 Å². The lowest BCUT2D eigenvalue weighted by Crippen LogP contribution is -2.19. The maximum Gasteiger partial charge on any atom is 0.167 e. The van der Waals surface area contributed by atoms with Crippen molar-refractivity contribution < 1.29 is 9.13 Å². The fourth-order valence-electron chi connectivity index (χ4n) is 2.66. The molecule has 1 aliphatic carbocycles. The lowest BCUT2D eigenvalue weighted by Gasteiger charge is -2.20. The number of nitrogens with one attached hydrogen (secondary N) is 1. The van der Waals surface area contributed by atoms with Gasteiger partial charge in [-0.1, -0.05) is 32.6 Å². The molecular weight excluding hydrogens is 255 g/mol. The van der Waals surface area contributed by atoms with E-state index in [4.69, 9.17) is 10.5 Å². The predicted molar refractivity (Wildman–Crippen MR) is 81.7 cm³/mol. The molecule has 1 aliphatic rings. The molecule has 3 nitrogen and oxygen atoms in total. The van der Waals surface area contributed by atoms with Gasteiger partial charge in [0.05, 0.1) is 18.0 Å². The molecule has 1 aromatic carbocycles. The van der Waals surface area contributed by atoms with Gasteiger partial charge in [-0.25, -0.2) is 4.39 Å². The third-order valence-corrected chi connectivity index (χ3v) is 3.78. The number of ether oxygens (including phenoxy) is 1. The van der Waals surface area contributed by atoms with E-state index in [2.05, 4.69) is 5.32 Å². The summed E-state index contributed by atoms with van der Waals surface area (Å²) in [4.78, 5) is 0. The fourth-order valence-corrected chi connectivity index (χ4v) is 2.66. The Balaban J connectivity index is 2.09. The van der Waals surface area contributed by atoms with Crippen molar-refractivity contribution in [3.05, 3.63) is 17.9 Å². The van der Waals surface area contributed by atoms with Gasteiger partial charge in [-0.2, -0.15) is 0 Å². The van der Waals surface area contributed by atoms with Crippen molar-refractivity contribution in [2.45, 2.75) is 57.9 Å². The van der Waals surface area contributed by atoms with Gasteiger partial charge in [-0.3, -0.25) is 0 Å². The van der Waals surface area contributed by atoms with Gasteiger partial charge in [0.2, 0.25) is 0 Å². The Hall–Kier alpha value is -1.45. The van der Waals surface area contributed by atoms with Gasteiger partial charge >= 0.3 is 0 Å². The molecule has 0 amide bonds. The summed E-state index contributed by atoms with van der Waals surface area (Å²) in [5.74, 6) is -0.0976. The molecule has 20 heavy (non-hydrogen) atoms. The van der Waals surface area contributed by atoms with Crippen molar-refractivity contribution in [1.82, 2.24) is 0 Å². The molecular formula is C16H25FN2O. The highest BCUT2D eigenvalue weighted by atomic mass is 19.1. The number of hydrogen-bond donors (Lipinski definition) is 2. The lowest BCUT2D eigenvalue weighted by atomic mass is 10.1. The quantitative estimate of drug-likeness (QED) is 0.623. The van der Waals surface area contributed by atoms with E-state index in [1.165, 1.54) is 31.7 Å². The molecule has 0 unspecified atom stereocenters. The van der Waals surface area contributed by atoms with Crippen LogP contribution in [0.15, 0.2) is 12.1 Å². The molecule has 1 fully saturated rings. The smallest absolute Gasteiger partial charge is 0.167 e. The molecule has 1 aromatic rings. The third-order valence-electron chi connectivity index (χ3n) is 3.78. The maximum absolute atomic E-state index is 13.8. The number of anilines is 2. The zero-order chi connectivity index (χ0) is 14.4. The van der Waals surface area contributed by atoms with Crippen molar-refractivity contribution in [2.75, 3.05) is 17.7 Å². The van der Waals surface area contributed by atoms with E-state index < -0.39 is 0 Å². The zero-order valence-corrected chi connectivity index (χ0v) is 12.3. The maximum atomic E-state index is 13.8. The molecule has 0 aliphatic heterocycles. The van der Waals surface area contributed by atoms with Crippen LogP contribution in [0.25, 0.3) is 0 Å². The molecule has 0 aromatic heterocycles. The van der Waals surface area contributed by atoms with Crippen LogP contribution in [0.4, 0.5) is 15.8 Å². The zero-order valence-electron chi connectivity index (χ0n) is 12.3. The Morgan fingerprint density at radius 2 is 1.95 bits per heavy atom. The second-order valence-corrected chi connectivity index (χ2v) is 5.55. The van der Waals surface area contributed by atoms with Crippen LogP contribution >= 0.6 is 0 Å². The second-order valence-electron chi connectivity index (χ2n) is 5.55. The summed E-state index contributed by atoms with van der Waals surface area (Å²) in [5, 5.41) is 3.46. The van der Waals surface area contributed by atoms with Crippen LogP contribution in [0.2, 0.25) is 0 Å².